The van der Waals surface area contributed by atoms with Crippen molar-refractivity contribution in [2.45, 2.75) is 57.7 Å². The lowest BCUT2D eigenvalue weighted by Crippen LogP contribution is -2.45. The van der Waals surface area contributed by atoms with Crippen LogP contribution in [-0.4, -0.2) is 64.7 Å². The predicted octanol–water partition coefficient (Wildman–Crippen LogP) is 2.84. The van der Waals surface area contributed by atoms with Crippen LogP contribution >= 0.6 is 0 Å². The summed E-state index contributed by atoms with van der Waals surface area (Å²) in [7, 11) is 1.42. The number of ether oxygens (including phenoxy) is 2. The highest BCUT2D eigenvalue weighted by atomic mass is 19.1. The number of aromatic nitrogens is 1. The number of fused-ring (bicyclic) bond motifs is 2. The van der Waals surface area contributed by atoms with E-state index >= 15 is 0 Å². The van der Waals surface area contributed by atoms with Gasteiger partial charge in [0.15, 0.2) is 11.5 Å². The van der Waals surface area contributed by atoms with Crippen molar-refractivity contribution in [2.75, 3.05) is 20.2 Å². The van der Waals surface area contributed by atoms with Gasteiger partial charge >= 0.3 is 6.09 Å². The molecule has 3 heterocycles. The summed E-state index contributed by atoms with van der Waals surface area (Å²) in [6, 6.07) is 2.35. The minimum atomic E-state index is -0.673. The second-order valence-electron chi connectivity index (χ2n) is 8.00. The summed E-state index contributed by atoms with van der Waals surface area (Å²) in [5.74, 6) is -0.935. The Labute approximate surface area is 158 Å². The highest BCUT2D eigenvalue weighted by molar-refractivity contribution is 5.93. The fourth-order valence-corrected chi connectivity index (χ4v) is 3.71. The molecular weight excluding hydrogens is 353 g/mol. The molecule has 2 atom stereocenters. The summed E-state index contributed by atoms with van der Waals surface area (Å²) in [6.07, 6.45) is 1.85. The highest BCUT2D eigenvalue weighted by Crippen LogP contribution is 2.32. The van der Waals surface area contributed by atoms with Crippen molar-refractivity contribution in [1.29, 1.82) is 0 Å². The van der Waals surface area contributed by atoms with E-state index in [2.05, 4.69) is 4.98 Å². The van der Waals surface area contributed by atoms with Crippen LogP contribution in [0.15, 0.2) is 12.1 Å². The Balaban J connectivity index is 1.80. The third-order valence-corrected chi connectivity index (χ3v) is 4.90. The Hall–Kier alpha value is -2.38. The van der Waals surface area contributed by atoms with Crippen LogP contribution in [0.4, 0.5) is 9.18 Å². The molecular formula is C19H26FN3O4. The van der Waals surface area contributed by atoms with Crippen LogP contribution in [0.2, 0.25) is 0 Å². The van der Waals surface area contributed by atoms with Crippen LogP contribution in [0.3, 0.4) is 0 Å². The molecule has 2 aliphatic rings. The molecule has 0 saturated carbocycles. The number of amides is 2. The average Bonchev–Trinajstić information content (AvgIpc) is 2.87. The van der Waals surface area contributed by atoms with Gasteiger partial charge in [-0.15, -0.1) is 0 Å². The maximum absolute atomic E-state index is 14.2. The summed E-state index contributed by atoms with van der Waals surface area (Å²) in [4.78, 5) is 32.8. The zero-order valence-corrected chi connectivity index (χ0v) is 16.2. The first kappa shape index (κ1) is 19.4. The van der Waals surface area contributed by atoms with Crippen LogP contribution in [0, 0.1) is 5.82 Å². The predicted molar refractivity (Wildman–Crippen MR) is 96.2 cm³/mol. The standard InChI is InChI=1S/C19H26FN3O4/c1-19(2,3)27-18(25)22-10-9-12-5-6-13(11-22)23(12)17(24)16-14(20)7-8-15(21-16)26-4/h7-8,12-13H,5-6,9-11H2,1-4H3. The van der Waals surface area contributed by atoms with Crippen molar-refractivity contribution >= 4 is 12.0 Å². The first-order chi connectivity index (χ1) is 12.7. The van der Waals surface area contributed by atoms with Gasteiger partial charge < -0.3 is 19.3 Å². The molecule has 0 spiro atoms. The SMILES string of the molecule is COc1ccc(F)c(C(=O)N2C3CCC2CN(C(=O)OC(C)(C)C)CC3)n1. The molecule has 2 bridgehead atoms. The Morgan fingerprint density at radius 2 is 1.89 bits per heavy atom. The molecule has 7 nitrogen and oxygen atoms in total. The van der Waals surface area contributed by atoms with Gasteiger partial charge in [0.2, 0.25) is 5.88 Å². The molecule has 2 amide bonds. The highest BCUT2D eigenvalue weighted by Gasteiger charge is 2.43. The maximum Gasteiger partial charge on any atom is 0.410 e. The minimum Gasteiger partial charge on any atom is -0.481 e. The van der Waals surface area contributed by atoms with Crippen LogP contribution in [0.25, 0.3) is 0 Å². The van der Waals surface area contributed by atoms with E-state index in [1.807, 2.05) is 20.8 Å². The average molecular weight is 379 g/mol. The second-order valence-corrected chi connectivity index (χ2v) is 8.00. The van der Waals surface area contributed by atoms with Crippen LogP contribution in [-0.2, 0) is 4.74 Å². The number of halogens is 1. The molecule has 1 aromatic rings. The van der Waals surface area contributed by atoms with Crippen LogP contribution in [0.5, 0.6) is 5.88 Å². The zero-order chi connectivity index (χ0) is 19.8. The van der Waals surface area contributed by atoms with Crippen LogP contribution in [0.1, 0.15) is 50.5 Å². The number of rotatable bonds is 2. The molecule has 8 heteroatoms. The molecule has 0 aliphatic carbocycles. The van der Waals surface area contributed by atoms with E-state index in [4.69, 9.17) is 9.47 Å². The molecule has 0 N–H and O–H groups in total. The number of likely N-dealkylation sites (tertiary alicyclic amines) is 1. The van der Waals surface area contributed by atoms with E-state index in [9.17, 15) is 14.0 Å². The van der Waals surface area contributed by atoms with Gasteiger partial charge in [0.25, 0.3) is 5.91 Å². The molecule has 2 unspecified atom stereocenters. The number of carbonyl (C=O) groups is 2. The van der Waals surface area contributed by atoms with Gasteiger partial charge in [-0.3, -0.25) is 4.79 Å². The summed E-state index contributed by atoms with van der Waals surface area (Å²) in [6.45, 7) is 6.35. The normalized spacial score (nSPS) is 22.4. The summed E-state index contributed by atoms with van der Waals surface area (Å²) in [5.41, 5.74) is -0.817. The Morgan fingerprint density at radius 1 is 1.19 bits per heavy atom. The number of hydrogen-bond acceptors (Lipinski definition) is 5. The minimum absolute atomic E-state index is 0.0395. The van der Waals surface area contributed by atoms with E-state index < -0.39 is 17.3 Å². The molecule has 2 saturated heterocycles. The number of methoxy groups -OCH3 is 1. The lowest BCUT2D eigenvalue weighted by molar-refractivity contribution is 0.0229. The number of carbonyl (C=O) groups excluding carboxylic acids is 2. The fraction of sp³-hybridized carbons (Fsp3) is 0.632. The van der Waals surface area contributed by atoms with E-state index in [0.717, 1.165) is 12.8 Å². The van der Waals surface area contributed by atoms with Gasteiger partial charge in [-0.2, -0.15) is 0 Å². The third-order valence-electron chi connectivity index (χ3n) is 4.90. The van der Waals surface area contributed by atoms with Gasteiger partial charge in [0.1, 0.15) is 5.60 Å². The van der Waals surface area contributed by atoms with Crippen molar-refractivity contribution in [2.24, 2.45) is 0 Å². The molecule has 1 aromatic heterocycles. The lowest BCUT2D eigenvalue weighted by Gasteiger charge is -2.30. The number of hydrogen-bond donors (Lipinski definition) is 0. The topological polar surface area (TPSA) is 72.0 Å². The lowest BCUT2D eigenvalue weighted by atomic mass is 10.1. The van der Waals surface area contributed by atoms with Gasteiger partial charge in [-0.25, -0.2) is 14.2 Å². The fourth-order valence-electron chi connectivity index (χ4n) is 3.71. The van der Waals surface area contributed by atoms with Crippen molar-refractivity contribution in [3.05, 3.63) is 23.6 Å². The van der Waals surface area contributed by atoms with Crippen molar-refractivity contribution in [1.82, 2.24) is 14.8 Å². The Kier molecular flexibility index (Phi) is 5.26. The Bertz CT molecular complexity index is 734. The molecule has 0 aromatic carbocycles. The molecule has 2 fully saturated rings. The number of pyridine rings is 1. The first-order valence-corrected chi connectivity index (χ1v) is 9.20. The van der Waals surface area contributed by atoms with Crippen LogP contribution < -0.4 is 4.74 Å². The monoisotopic (exact) mass is 379 g/mol. The summed E-state index contributed by atoms with van der Waals surface area (Å²) < 4.78 is 24.7. The first-order valence-electron chi connectivity index (χ1n) is 9.20. The maximum atomic E-state index is 14.2. The smallest absolute Gasteiger partial charge is 0.410 e. The van der Waals surface area contributed by atoms with Crippen molar-refractivity contribution in [3.8, 4) is 5.88 Å². The summed E-state index contributed by atoms with van der Waals surface area (Å²) >= 11 is 0. The van der Waals surface area contributed by atoms with Gasteiger partial charge in [0, 0.05) is 25.2 Å². The quantitative estimate of drug-likeness (QED) is 0.790. The third kappa shape index (κ3) is 4.14. The van der Waals surface area contributed by atoms with Crippen molar-refractivity contribution < 1.29 is 23.5 Å². The van der Waals surface area contributed by atoms with Crippen molar-refractivity contribution in [3.63, 3.8) is 0 Å². The van der Waals surface area contributed by atoms with E-state index in [-0.39, 0.29) is 29.8 Å². The van der Waals surface area contributed by atoms with Gasteiger partial charge in [-0.05, 0) is 46.1 Å². The molecule has 2 aliphatic heterocycles. The second kappa shape index (κ2) is 7.32. The largest absolute Gasteiger partial charge is 0.481 e. The zero-order valence-electron chi connectivity index (χ0n) is 16.2. The van der Waals surface area contributed by atoms with Gasteiger partial charge in [0.05, 0.1) is 13.2 Å². The molecule has 148 valence electrons. The molecule has 3 rings (SSSR count). The molecule has 0 radical (unpaired) electrons. The van der Waals surface area contributed by atoms with E-state index in [1.54, 1.807) is 9.80 Å². The van der Waals surface area contributed by atoms with Gasteiger partial charge in [-0.1, -0.05) is 0 Å². The molecule has 27 heavy (non-hydrogen) atoms. The number of nitrogens with zero attached hydrogens (tertiary/aromatic N) is 3. The Morgan fingerprint density at radius 3 is 2.56 bits per heavy atom. The van der Waals surface area contributed by atoms with E-state index in [0.29, 0.717) is 19.5 Å². The van der Waals surface area contributed by atoms with E-state index in [1.165, 1.54) is 19.2 Å². The summed E-state index contributed by atoms with van der Waals surface area (Å²) in [5, 5.41) is 0.